The molecule has 0 aliphatic heterocycles. The van der Waals surface area contributed by atoms with Crippen LogP contribution >= 0.6 is 11.6 Å². The second kappa shape index (κ2) is 5.80. The van der Waals surface area contributed by atoms with Gasteiger partial charge >= 0.3 is 5.69 Å². The van der Waals surface area contributed by atoms with Gasteiger partial charge in [-0.15, -0.1) is 11.6 Å². The number of hydrogen-bond acceptors (Lipinski definition) is 2. The van der Waals surface area contributed by atoms with Gasteiger partial charge in [0.15, 0.2) is 0 Å². The van der Waals surface area contributed by atoms with Crippen LogP contribution in [-0.2, 0) is 6.42 Å². The van der Waals surface area contributed by atoms with Gasteiger partial charge in [-0.25, -0.2) is 0 Å². The summed E-state index contributed by atoms with van der Waals surface area (Å²) in [5, 5.41) is 10.5. The summed E-state index contributed by atoms with van der Waals surface area (Å²) in [6.07, 6.45) is 1.85. The number of halogens is 2. The van der Waals surface area contributed by atoms with Crippen LogP contribution in [0.25, 0.3) is 0 Å². The minimum absolute atomic E-state index is 0.0151. The van der Waals surface area contributed by atoms with Crippen molar-refractivity contribution in [2.75, 3.05) is 0 Å². The van der Waals surface area contributed by atoms with Crippen LogP contribution in [0.5, 0.6) is 0 Å². The Kier molecular flexibility index (Phi) is 4.68. The molecule has 16 heavy (non-hydrogen) atoms. The lowest BCUT2D eigenvalue weighted by Crippen LogP contribution is -2.02. The minimum Gasteiger partial charge on any atom is -0.258 e. The van der Waals surface area contributed by atoms with Crippen molar-refractivity contribution < 1.29 is 9.31 Å². The third kappa shape index (κ3) is 3.17. The van der Waals surface area contributed by atoms with E-state index < -0.39 is 16.4 Å². The molecule has 88 valence electrons. The molecule has 1 aromatic carbocycles. The summed E-state index contributed by atoms with van der Waals surface area (Å²) in [6, 6.07) is 4.21. The fraction of sp³-hybridized carbons (Fsp3) is 0.455. The summed E-state index contributed by atoms with van der Waals surface area (Å²) in [5.74, 6) is -0.743. The van der Waals surface area contributed by atoms with Gasteiger partial charge in [-0.05, 0) is 24.8 Å². The molecule has 1 atom stereocenters. The highest BCUT2D eigenvalue weighted by molar-refractivity contribution is 6.20. The number of nitro groups is 1. The Morgan fingerprint density at radius 2 is 2.25 bits per heavy atom. The first-order valence-electron chi connectivity index (χ1n) is 5.12. The molecule has 3 nitrogen and oxygen atoms in total. The van der Waals surface area contributed by atoms with Crippen molar-refractivity contribution in [3.05, 3.63) is 39.7 Å². The van der Waals surface area contributed by atoms with Crippen molar-refractivity contribution >= 4 is 17.3 Å². The third-order valence-electron chi connectivity index (χ3n) is 2.42. The van der Waals surface area contributed by atoms with Gasteiger partial charge in [-0.3, -0.25) is 10.1 Å². The zero-order chi connectivity index (χ0) is 12.1. The van der Waals surface area contributed by atoms with Crippen molar-refractivity contribution in [3.63, 3.8) is 0 Å². The van der Waals surface area contributed by atoms with Crippen LogP contribution in [0.3, 0.4) is 0 Å². The van der Waals surface area contributed by atoms with Crippen molar-refractivity contribution in [3.8, 4) is 0 Å². The molecule has 0 bridgehead atoms. The van der Waals surface area contributed by atoms with E-state index in [9.17, 15) is 14.5 Å². The van der Waals surface area contributed by atoms with E-state index in [0.717, 1.165) is 12.5 Å². The lowest BCUT2D eigenvalue weighted by Gasteiger charge is -2.06. The molecule has 0 heterocycles. The Morgan fingerprint density at radius 1 is 1.56 bits per heavy atom. The van der Waals surface area contributed by atoms with Crippen LogP contribution in [0, 0.1) is 15.9 Å². The largest absolute Gasteiger partial charge is 0.305 e. The normalized spacial score (nSPS) is 12.4. The van der Waals surface area contributed by atoms with E-state index in [4.69, 9.17) is 11.6 Å². The Morgan fingerprint density at radius 3 is 2.81 bits per heavy atom. The second-order valence-corrected chi connectivity index (χ2v) is 4.17. The quantitative estimate of drug-likeness (QED) is 0.451. The molecule has 0 fully saturated rings. The van der Waals surface area contributed by atoms with Gasteiger partial charge in [0.1, 0.15) is 0 Å². The van der Waals surface area contributed by atoms with E-state index in [1.165, 1.54) is 6.07 Å². The summed E-state index contributed by atoms with van der Waals surface area (Å²) in [4.78, 5) is 9.80. The number of benzene rings is 1. The molecule has 5 heteroatoms. The molecule has 1 aromatic rings. The van der Waals surface area contributed by atoms with Crippen molar-refractivity contribution in [2.45, 2.75) is 31.6 Å². The van der Waals surface area contributed by atoms with E-state index in [2.05, 4.69) is 0 Å². The Bertz CT molecular complexity index is 384. The summed E-state index contributed by atoms with van der Waals surface area (Å²) in [6.45, 7) is 1.95. The molecule has 0 N–H and O–H groups in total. The SMILES string of the molecule is CCC(Cl)CCc1cccc([N+](=O)[O-])c1F. The molecular formula is C11H13ClFNO2. The Labute approximate surface area is 98.4 Å². The van der Waals surface area contributed by atoms with Crippen molar-refractivity contribution in [1.82, 2.24) is 0 Å². The van der Waals surface area contributed by atoms with Crippen LogP contribution in [0.2, 0.25) is 0 Å². The number of nitro benzene ring substituents is 1. The molecule has 0 saturated heterocycles. The lowest BCUT2D eigenvalue weighted by atomic mass is 10.1. The van der Waals surface area contributed by atoms with Crippen LogP contribution in [0.4, 0.5) is 10.1 Å². The molecule has 0 aromatic heterocycles. The molecule has 0 aliphatic carbocycles. The molecular weight excluding hydrogens is 233 g/mol. The van der Waals surface area contributed by atoms with E-state index in [0.29, 0.717) is 18.4 Å². The number of aryl methyl sites for hydroxylation is 1. The maximum Gasteiger partial charge on any atom is 0.305 e. The first kappa shape index (κ1) is 12.9. The minimum atomic E-state index is -0.743. The maximum atomic E-state index is 13.6. The highest BCUT2D eigenvalue weighted by atomic mass is 35.5. The molecule has 0 radical (unpaired) electrons. The zero-order valence-electron chi connectivity index (χ0n) is 8.95. The second-order valence-electron chi connectivity index (χ2n) is 3.55. The zero-order valence-corrected chi connectivity index (χ0v) is 9.71. The summed E-state index contributed by atoms with van der Waals surface area (Å²) in [7, 11) is 0. The van der Waals surface area contributed by atoms with Gasteiger partial charge in [-0.1, -0.05) is 19.1 Å². The summed E-state index contributed by atoms with van der Waals surface area (Å²) < 4.78 is 13.6. The highest BCUT2D eigenvalue weighted by Gasteiger charge is 2.17. The highest BCUT2D eigenvalue weighted by Crippen LogP contribution is 2.22. The van der Waals surface area contributed by atoms with Gasteiger partial charge in [-0.2, -0.15) is 4.39 Å². The summed E-state index contributed by atoms with van der Waals surface area (Å²) >= 11 is 5.91. The van der Waals surface area contributed by atoms with E-state index in [-0.39, 0.29) is 5.38 Å². The smallest absolute Gasteiger partial charge is 0.258 e. The van der Waals surface area contributed by atoms with Gasteiger partial charge in [0.25, 0.3) is 0 Å². The molecule has 0 spiro atoms. The number of rotatable bonds is 5. The van der Waals surface area contributed by atoms with Crippen LogP contribution in [0.1, 0.15) is 25.3 Å². The Balaban J connectivity index is 2.81. The first-order chi connectivity index (χ1) is 7.56. The molecule has 1 unspecified atom stereocenters. The first-order valence-corrected chi connectivity index (χ1v) is 5.55. The molecule has 0 amide bonds. The van der Waals surface area contributed by atoms with Crippen molar-refractivity contribution in [1.29, 1.82) is 0 Å². The van der Waals surface area contributed by atoms with E-state index in [1.54, 1.807) is 6.07 Å². The van der Waals surface area contributed by atoms with Gasteiger partial charge in [0, 0.05) is 11.4 Å². The van der Waals surface area contributed by atoms with Crippen LogP contribution in [0.15, 0.2) is 18.2 Å². The van der Waals surface area contributed by atoms with Gasteiger partial charge < -0.3 is 0 Å². The lowest BCUT2D eigenvalue weighted by molar-refractivity contribution is -0.387. The fourth-order valence-corrected chi connectivity index (χ4v) is 1.53. The fourth-order valence-electron chi connectivity index (χ4n) is 1.42. The third-order valence-corrected chi connectivity index (χ3v) is 2.95. The standard InChI is InChI=1S/C11H13ClFNO2/c1-2-9(12)7-6-8-4-3-5-10(11(8)13)14(15)16/h3-5,9H,2,6-7H2,1H3. The average Bonchev–Trinajstić information content (AvgIpc) is 2.26. The monoisotopic (exact) mass is 245 g/mol. The van der Waals surface area contributed by atoms with E-state index >= 15 is 0 Å². The molecule has 1 rings (SSSR count). The van der Waals surface area contributed by atoms with Crippen LogP contribution < -0.4 is 0 Å². The molecule has 0 aliphatic rings. The van der Waals surface area contributed by atoms with Gasteiger partial charge in [0.05, 0.1) is 4.92 Å². The number of nitrogens with zero attached hydrogens (tertiary/aromatic N) is 1. The average molecular weight is 246 g/mol. The maximum absolute atomic E-state index is 13.6. The number of alkyl halides is 1. The molecule has 0 saturated carbocycles. The Hall–Kier alpha value is -1.16. The predicted molar refractivity (Wildman–Crippen MR) is 61.3 cm³/mol. The predicted octanol–water partition coefficient (Wildman–Crippen LogP) is 3.68. The van der Waals surface area contributed by atoms with Gasteiger partial charge in [0.2, 0.25) is 5.82 Å². The topological polar surface area (TPSA) is 43.1 Å². The van der Waals surface area contributed by atoms with Crippen LogP contribution in [-0.4, -0.2) is 10.3 Å². The number of hydrogen-bond donors (Lipinski definition) is 0. The summed E-state index contributed by atoms with van der Waals surface area (Å²) in [5.41, 5.74) is -0.117. The van der Waals surface area contributed by atoms with E-state index in [1.807, 2.05) is 6.92 Å². The van der Waals surface area contributed by atoms with Crippen molar-refractivity contribution in [2.24, 2.45) is 0 Å².